The highest BCUT2D eigenvalue weighted by Gasteiger charge is 2.21. The summed E-state index contributed by atoms with van der Waals surface area (Å²) in [6.45, 7) is 0. The summed E-state index contributed by atoms with van der Waals surface area (Å²) >= 11 is 5.54. The topological polar surface area (TPSA) is 92.5 Å². The Morgan fingerprint density at radius 2 is 2.05 bits per heavy atom. The highest BCUT2D eigenvalue weighted by molar-refractivity contribution is 6.30. The van der Waals surface area contributed by atoms with Crippen molar-refractivity contribution in [3.8, 4) is 0 Å². The molecule has 0 spiro atoms. The summed E-state index contributed by atoms with van der Waals surface area (Å²) in [5, 5.41) is 22.5. The van der Waals surface area contributed by atoms with Crippen molar-refractivity contribution < 1.29 is 19.2 Å². The number of nitrogens with zero attached hydrogens (tertiary/aromatic N) is 1. The summed E-state index contributed by atoms with van der Waals surface area (Å²) in [6, 6.07) is 7.28. The van der Waals surface area contributed by atoms with Crippen LogP contribution < -0.4 is 5.32 Å². The molecule has 0 atom stereocenters. The molecule has 2 rings (SSSR count). The van der Waals surface area contributed by atoms with Crippen molar-refractivity contribution >= 4 is 34.6 Å². The van der Waals surface area contributed by atoms with E-state index in [-0.39, 0.29) is 22.0 Å². The number of para-hydroxylation sites is 1. The number of carboxylic acids is 1. The molecule has 0 aliphatic carbocycles. The van der Waals surface area contributed by atoms with Crippen molar-refractivity contribution in [2.75, 3.05) is 5.32 Å². The predicted molar refractivity (Wildman–Crippen MR) is 74.7 cm³/mol. The molecule has 0 heterocycles. The van der Waals surface area contributed by atoms with Crippen LogP contribution in [0.4, 0.5) is 21.5 Å². The zero-order chi connectivity index (χ0) is 15.6. The Balaban J connectivity index is 2.53. The first kappa shape index (κ1) is 14.7. The van der Waals surface area contributed by atoms with Gasteiger partial charge < -0.3 is 10.4 Å². The molecule has 0 amide bonds. The molecule has 108 valence electrons. The van der Waals surface area contributed by atoms with Crippen LogP contribution in [0.25, 0.3) is 0 Å². The van der Waals surface area contributed by atoms with Gasteiger partial charge in [-0.2, -0.15) is 0 Å². The van der Waals surface area contributed by atoms with Gasteiger partial charge in [-0.3, -0.25) is 10.1 Å². The van der Waals surface area contributed by atoms with Gasteiger partial charge in [0.25, 0.3) is 5.69 Å². The Morgan fingerprint density at radius 3 is 2.62 bits per heavy atom. The third kappa shape index (κ3) is 3.09. The van der Waals surface area contributed by atoms with Crippen LogP contribution in [-0.2, 0) is 0 Å². The number of halogens is 2. The molecule has 21 heavy (non-hydrogen) atoms. The Hall–Kier alpha value is -2.67. The van der Waals surface area contributed by atoms with Gasteiger partial charge in [-0.05, 0) is 24.3 Å². The van der Waals surface area contributed by atoms with Gasteiger partial charge in [-0.1, -0.05) is 17.7 Å². The molecule has 0 radical (unpaired) electrons. The first-order valence-electron chi connectivity index (χ1n) is 5.63. The summed E-state index contributed by atoms with van der Waals surface area (Å²) in [5.74, 6) is -2.06. The predicted octanol–water partition coefficient (Wildman–Crippen LogP) is 3.83. The Bertz CT molecular complexity index is 704. The minimum atomic E-state index is -1.34. The van der Waals surface area contributed by atoms with E-state index in [0.717, 1.165) is 12.1 Å². The molecule has 0 bridgehead atoms. The first-order valence-corrected chi connectivity index (χ1v) is 6.00. The normalized spacial score (nSPS) is 10.2. The monoisotopic (exact) mass is 310 g/mol. The van der Waals surface area contributed by atoms with Gasteiger partial charge in [0.1, 0.15) is 11.5 Å². The number of carbonyl (C=O) groups is 1. The number of aromatic carboxylic acids is 1. The molecular formula is C13H8ClFN2O4. The van der Waals surface area contributed by atoms with Gasteiger partial charge in [0, 0.05) is 11.8 Å². The van der Waals surface area contributed by atoms with E-state index in [2.05, 4.69) is 5.32 Å². The van der Waals surface area contributed by atoms with E-state index in [1.54, 1.807) is 0 Å². The molecule has 2 aromatic carbocycles. The standard InChI is InChI=1S/C13H8ClFN2O4/c14-9-5-4-7(6-10(9)15)16-12-8(13(18)19)2-1-3-11(12)17(20)21/h1-6,16H,(H,18,19). The zero-order valence-corrected chi connectivity index (χ0v) is 11.1. The van der Waals surface area contributed by atoms with Crippen LogP contribution in [0, 0.1) is 15.9 Å². The van der Waals surface area contributed by atoms with Crippen molar-refractivity contribution in [3.05, 3.63) is 62.9 Å². The third-order valence-electron chi connectivity index (χ3n) is 2.66. The van der Waals surface area contributed by atoms with Crippen molar-refractivity contribution in [1.82, 2.24) is 0 Å². The maximum atomic E-state index is 13.4. The van der Waals surface area contributed by atoms with Crippen molar-refractivity contribution in [3.63, 3.8) is 0 Å². The number of rotatable bonds is 4. The number of hydrogen-bond donors (Lipinski definition) is 2. The van der Waals surface area contributed by atoms with Crippen LogP contribution in [0.2, 0.25) is 5.02 Å². The molecule has 0 saturated heterocycles. The molecule has 0 aromatic heterocycles. The molecule has 0 fully saturated rings. The fourth-order valence-corrected chi connectivity index (χ4v) is 1.84. The number of benzene rings is 2. The number of nitro groups is 1. The van der Waals surface area contributed by atoms with Crippen LogP contribution in [0.15, 0.2) is 36.4 Å². The molecule has 6 nitrogen and oxygen atoms in total. The number of anilines is 2. The Morgan fingerprint density at radius 1 is 1.33 bits per heavy atom. The molecule has 2 aromatic rings. The van der Waals surface area contributed by atoms with Gasteiger partial charge >= 0.3 is 5.97 Å². The van der Waals surface area contributed by atoms with Crippen LogP contribution >= 0.6 is 11.6 Å². The molecule has 0 aliphatic rings. The van der Waals surface area contributed by atoms with Crippen molar-refractivity contribution in [2.24, 2.45) is 0 Å². The van der Waals surface area contributed by atoms with Gasteiger partial charge in [-0.15, -0.1) is 0 Å². The lowest BCUT2D eigenvalue weighted by molar-refractivity contribution is -0.383. The highest BCUT2D eigenvalue weighted by atomic mass is 35.5. The second-order valence-electron chi connectivity index (χ2n) is 4.02. The molecule has 8 heteroatoms. The van der Waals surface area contributed by atoms with Crippen molar-refractivity contribution in [2.45, 2.75) is 0 Å². The lowest BCUT2D eigenvalue weighted by Crippen LogP contribution is -2.06. The number of nitrogens with one attached hydrogen (secondary N) is 1. The number of carboxylic acid groups (broad SMARTS) is 1. The molecular weight excluding hydrogens is 303 g/mol. The SMILES string of the molecule is O=C(O)c1cccc([N+](=O)[O-])c1Nc1ccc(Cl)c(F)c1. The average molecular weight is 311 g/mol. The molecule has 0 saturated carbocycles. The lowest BCUT2D eigenvalue weighted by atomic mass is 10.1. The highest BCUT2D eigenvalue weighted by Crippen LogP contribution is 2.32. The van der Waals surface area contributed by atoms with E-state index >= 15 is 0 Å². The minimum Gasteiger partial charge on any atom is -0.478 e. The zero-order valence-electron chi connectivity index (χ0n) is 10.3. The van der Waals surface area contributed by atoms with Crippen LogP contribution in [-0.4, -0.2) is 16.0 Å². The summed E-state index contributed by atoms with van der Waals surface area (Å²) < 4.78 is 13.4. The van der Waals surface area contributed by atoms with E-state index in [0.29, 0.717) is 0 Å². The number of hydrogen-bond acceptors (Lipinski definition) is 4. The fourth-order valence-electron chi connectivity index (χ4n) is 1.72. The van der Waals surface area contributed by atoms with Gasteiger partial charge in [0.05, 0.1) is 15.5 Å². The van der Waals surface area contributed by atoms with E-state index in [1.165, 1.54) is 24.3 Å². The summed E-state index contributed by atoms with van der Waals surface area (Å²) in [5.41, 5.74) is -0.796. The van der Waals surface area contributed by atoms with Crippen molar-refractivity contribution in [1.29, 1.82) is 0 Å². The summed E-state index contributed by atoms with van der Waals surface area (Å²) in [6.07, 6.45) is 0. The number of nitro benzene ring substituents is 1. The van der Waals surface area contributed by atoms with Gasteiger partial charge in [-0.25, -0.2) is 9.18 Å². The maximum absolute atomic E-state index is 13.4. The summed E-state index contributed by atoms with van der Waals surface area (Å²) in [4.78, 5) is 21.4. The maximum Gasteiger partial charge on any atom is 0.338 e. The molecule has 2 N–H and O–H groups in total. The summed E-state index contributed by atoms with van der Waals surface area (Å²) in [7, 11) is 0. The second kappa shape index (κ2) is 5.76. The van der Waals surface area contributed by atoms with E-state index in [4.69, 9.17) is 16.7 Å². The van der Waals surface area contributed by atoms with E-state index < -0.39 is 22.4 Å². The fraction of sp³-hybridized carbons (Fsp3) is 0. The molecule has 0 unspecified atom stereocenters. The largest absolute Gasteiger partial charge is 0.478 e. The third-order valence-corrected chi connectivity index (χ3v) is 2.97. The second-order valence-corrected chi connectivity index (χ2v) is 4.42. The van der Waals surface area contributed by atoms with Crippen LogP contribution in [0.5, 0.6) is 0 Å². The first-order chi connectivity index (χ1) is 9.90. The average Bonchev–Trinajstić information content (AvgIpc) is 2.42. The Labute approximate surface area is 122 Å². The smallest absolute Gasteiger partial charge is 0.338 e. The minimum absolute atomic E-state index is 0.110. The van der Waals surface area contributed by atoms with E-state index in [1.807, 2.05) is 0 Å². The quantitative estimate of drug-likeness (QED) is 0.661. The van der Waals surface area contributed by atoms with Crippen LogP contribution in [0.1, 0.15) is 10.4 Å². The van der Waals surface area contributed by atoms with Crippen LogP contribution in [0.3, 0.4) is 0 Å². The molecule has 0 aliphatic heterocycles. The lowest BCUT2D eigenvalue weighted by Gasteiger charge is -2.10. The Kier molecular flexibility index (Phi) is 4.04. The van der Waals surface area contributed by atoms with E-state index in [9.17, 15) is 19.3 Å². The van der Waals surface area contributed by atoms with Gasteiger partial charge in [0.15, 0.2) is 0 Å². The van der Waals surface area contributed by atoms with Gasteiger partial charge in [0.2, 0.25) is 0 Å².